The molecule has 1 aromatic carbocycles. The molecule has 128 valence electrons. The van der Waals surface area contributed by atoms with Gasteiger partial charge in [-0.25, -0.2) is 4.98 Å². The molecular weight excluding hydrogens is 320 g/mol. The Morgan fingerprint density at radius 2 is 2.04 bits per heavy atom. The van der Waals surface area contributed by atoms with Crippen LogP contribution in [0.2, 0.25) is 0 Å². The van der Waals surface area contributed by atoms with E-state index in [4.69, 9.17) is 9.72 Å². The number of aromatic nitrogens is 1. The van der Waals surface area contributed by atoms with Crippen LogP contribution in [0.4, 0.5) is 0 Å². The monoisotopic (exact) mass is 344 g/mol. The fourth-order valence-electron chi connectivity index (χ4n) is 2.92. The number of hydrogen-bond donors (Lipinski definition) is 0. The van der Waals surface area contributed by atoms with E-state index < -0.39 is 0 Å². The Hall–Kier alpha value is -1.59. The van der Waals surface area contributed by atoms with Crippen molar-refractivity contribution in [2.75, 3.05) is 32.1 Å². The summed E-state index contributed by atoms with van der Waals surface area (Å²) >= 11 is 1.56. The second-order valence-corrected chi connectivity index (χ2v) is 7.13. The summed E-state index contributed by atoms with van der Waals surface area (Å²) in [5, 5.41) is 2.17. The number of benzene rings is 1. The molecule has 1 fully saturated rings. The van der Waals surface area contributed by atoms with Crippen molar-refractivity contribution in [3.05, 3.63) is 34.9 Å². The smallest absolute Gasteiger partial charge is 0.233 e. The standard InChI is InChI=1S/C19H24N2O2S/c1-4-15-11-16-6-5-13(2)14(3)18(16)20-19(15)24-12-17(22)21-7-9-23-10-8-21/h5-6,11H,4,7-10,12H2,1-3H3. The van der Waals surface area contributed by atoms with Crippen LogP contribution < -0.4 is 0 Å². The first-order valence-corrected chi connectivity index (χ1v) is 9.47. The summed E-state index contributed by atoms with van der Waals surface area (Å²) in [7, 11) is 0. The van der Waals surface area contributed by atoms with Gasteiger partial charge < -0.3 is 9.64 Å². The molecule has 0 spiro atoms. The van der Waals surface area contributed by atoms with Gasteiger partial charge in [-0.05, 0) is 43.0 Å². The lowest BCUT2D eigenvalue weighted by Gasteiger charge is -2.26. The molecule has 4 nitrogen and oxygen atoms in total. The average Bonchev–Trinajstić information content (AvgIpc) is 2.63. The first-order valence-electron chi connectivity index (χ1n) is 8.48. The van der Waals surface area contributed by atoms with Crippen LogP contribution in [0.1, 0.15) is 23.6 Å². The molecule has 1 aliphatic rings. The Balaban J connectivity index is 1.82. The van der Waals surface area contributed by atoms with E-state index in [2.05, 4.69) is 39.0 Å². The van der Waals surface area contributed by atoms with Gasteiger partial charge in [-0.1, -0.05) is 30.8 Å². The predicted molar refractivity (Wildman–Crippen MR) is 98.7 cm³/mol. The zero-order chi connectivity index (χ0) is 17.1. The minimum absolute atomic E-state index is 0.174. The molecule has 1 amide bonds. The number of ether oxygens (including phenoxy) is 1. The number of carbonyl (C=O) groups is 1. The minimum Gasteiger partial charge on any atom is -0.378 e. The molecule has 1 aliphatic heterocycles. The lowest BCUT2D eigenvalue weighted by molar-refractivity contribution is -0.132. The number of thioether (sulfide) groups is 1. The Bertz CT molecular complexity index is 755. The molecule has 0 saturated carbocycles. The molecule has 24 heavy (non-hydrogen) atoms. The Morgan fingerprint density at radius 3 is 2.75 bits per heavy atom. The fourth-order valence-corrected chi connectivity index (χ4v) is 3.91. The maximum atomic E-state index is 12.4. The van der Waals surface area contributed by atoms with Gasteiger partial charge in [0.15, 0.2) is 0 Å². The average molecular weight is 344 g/mol. The van der Waals surface area contributed by atoms with Crippen LogP contribution in [0.3, 0.4) is 0 Å². The van der Waals surface area contributed by atoms with Crippen LogP contribution in [0.25, 0.3) is 10.9 Å². The fraction of sp³-hybridized carbons (Fsp3) is 0.474. The highest BCUT2D eigenvalue weighted by Gasteiger charge is 2.18. The molecule has 5 heteroatoms. The van der Waals surface area contributed by atoms with Gasteiger partial charge in [-0.15, -0.1) is 0 Å². The van der Waals surface area contributed by atoms with Crippen LogP contribution in [-0.2, 0) is 16.0 Å². The van der Waals surface area contributed by atoms with E-state index >= 15 is 0 Å². The van der Waals surface area contributed by atoms with Crippen molar-refractivity contribution in [1.82, 2.24) is 9.88 Å². The maximum Gasteiger partial charge on any atom is 0.233 e. The van der Waals surface area contributed by atoms with Crippen LogP contribution in [-0.4, -0.2) is 47.8 Å². The number of carbonyl (C=O) groups excluding carboxylic acids is 1. The zero-order valence-electron chi connectivity index (χ0n) is 14.6. The summed E-state index contributed by atoms with van der Waals surface area (Å²) in [6.45, 7) is 9.04. The zero-order valence-corrected chi connectivity index (χ0v) is 15.4. The highest BCUT2D eigenvalue weighted by Crippen LogP contribution is 2.28. The molecule has 1 saturated heterocycles. The number of pyridine rings is 1. The summed E-state index contributed by atoms with van der Waals surface area (Å²) in [4.78, 5) is 19.2. The van der Waals surface area contributed by atoms with E-state index in [1.165, 1.54) is 22.1 Å². The van der Waals surface area contributed by atoms with Crippen molar-refractivity contribution in [2.45, 2.75) is 32.2 Å². The number of fused-ring (bicyclic) bond motifs is 1. The van der Waals surface area contributed by atoms with E-state index in [1.54, 1.807) is 11.8 Å². The molecule has 2 heterocycles. The Morgan fingerprint density at radius 1 is 1.29 bits per heavy atom. The molecule has 0 N–H and O–H groups in total. The van der Waals surface area contributed by atoms with Crippen molar-refractivity contribution >= 4 is 28.6 Å². The van der Waals surface area contributed by atoms with E-state index in [9.17, 15) is 4.79 Å². The van der Waals surface area contributed by atoms with Crippen molar-refractivity contribution < 1.29 is 9.53 Å². The molecule has 0 aliphatic carbocycles. The summed E-state index contributed by atoms with van der Waals surface area (Å²) in [6, 6.07) is 6.50. The minimum atomic E-state index is 0.174. The predicted octanol–water partition coefficient (Wildman–Crippen LogP) is 3.36. The molecule has 2 aromatic rings. The maximum absolute atomic E-state index is 12.4. The quantitative estimate of drug-likeness (QED) is 0.798. The SMILES string of the molecule is CCc1cc2ccc(C)c(C)c2nc1SCC(=O)N1CCOCC1. The number of hydrogen-bond acceptors (Lipinski definition) is 4. The van der Waals surface area contributed by atoms with E-state index in [0.717, 1.165) is 17.0 Å². The van der Waals surface area contributed by atoms with Crippen molar-refractivity contribution in [1.29, 1.82) is 0 Å². The summed E-state index contributed by atoms with van der Waals surface area (Å²) in [6.07, 6.45) is 0.921. The van der Waals surface area contributed by atoms with Crippen molar-refractivity contribution in [3.8, 4) is 0 Å². The summed E-state index contributed by atoms with van der Waals surface area (Å²) in [5.74, 6) is 0.615. The third-order valence-electron chi connectivity index (χ3n) is 4.63. The van der Waals surface area contributed by atoms with E-state index in [-0.39, 0.29) is 5.91 Å². The molecular formula is C19H24N2O2S. The largest absolute Gasteiger partial charge is 0.378 e. The lowest BCUT2D eigenvalue weighted by atomic mass is 10.0. The molecule has 0 unspecified atom stereocenters. The van der Waals surface area contributed by atoms with Crippen LogP contribution in [0.15, 0.2) is 23.2 Å². The van der Waals surface area contributed by atoms with Gasteiger partial charge in [0.05, 0.1) is 24.5 Å². The number of rotatable bonds is 4. The van der Waals surface area contributed by atoms with Gasteiger partial charge in [0.25, 0.3) is 0 Å². The lowest BCUT2D eigenvalue weighted by Crippen LogP contribution is -2.41. The second kappa shape index (κ2) is 7.53. The van der Waals surface area contributed by atoms with E-state index in [1.807, 2.05) is 4.90 Å². The highest BCUT2D eigenvalue weighted by atomic mass is 32.2. The van der Waals surface area contributed by atoms with Gasteiger partial charge in [-0.3, -0.25) is 4.79 Å². The molecule has 0 radical (unpaired) electrons. The number of nitrogens with zero attached hydrogens (tertiary/aromatic N) is 2. The molecule has 3 rings (SSSR count). The van der Waals surface area contributed by atoms with Gasteiger partial charge in [-0.2, -0.15) is 0 Å². The molecule has 1 aromatic heterocycles. The van der Waals surface area contributed by atoms with Crippen LogP contribution in [0, 0.1) is 13.8 Å². The van der Waals surface area contributed by atoms with Crippen LogP contribution >= 0.6 is 11.8 Å². The summed E-state index contributed by atoms with van der Waals surface area (Å²) < 4.78 is 5.31. The van der Waals surface area contributed by atoms with Crippen LogP contribution in [0.5, 0.6) is 0 Å². The highest BCUT2D eigenvalue weighted by molar-refractivity contribution is 7.99. The topological polar surface area (TPSA) is 42.4 Å². The molecule has 0 atom stereocenters. The number of amides is 1. The summed E-state index contributed by atoms with van der Waals surface area (Å²) in [5.41, 5.74) is 4.73. The Labute approximate surface area is 147 Å². The van der Waals surface area contributed by atoms with Gasteiger partial charge in [0.1, 0.15) is 5.03 Å². The molecule has 0 bridgehead atoms. The first kappa shape index (κ1) is 17.2. The first-order chi connectivity index (χ1) is 11.6. The van der Waals surface area contributed by atoms with Crippen molar-refractivity contribution in [2.24, 2.45) is 0 Å². The van der Waals surface area contributed by atoms with Crippen molar-refractivity contribution in [3.63, 3.8) is 0 Å². The normalized spacial score (nSPS) is 15.0. The van der Waals surface area contributed by atoms with E-state index in [0.29, 0.717) is 32.1 Å². The third kappa shape index (κ3) is 3.57. The third-order valence-corrected chi connectivity index (χ3v) is 5.65. The van der Waals surface area contributed by atoms with Gasteiger partial charge in [0.2, 0.25) is 5.91 Å². The van der Waals surface area contributed by atoms with Gasteiger partial charge in [0, 0.05) is 18.5 Å². The van der Waals surface area contributed by atoms with Gasteiger partial charge >= 0.3 is 0 Å². The second-order valence-electron chi connectivity index (χ2n) is 6.17. The Kier molecular flexibility index (Phi) is 5.41. The number of morpholine rings is 1. The number of aryl methyl sites for hydroxylation is 3.